The molecule has 2 aliphatic heterocycles. The van der Waals surface area contributed by atoms with E-state index in [0.717, 1.165) is 10.5 Å². The van der Waals surface area contributed by atoms with E-state index in [-0.39, 0.29) is 6.54 Å². The number of urea groups is 1. The van der Waals surface area contributed by atoms with Crippen LogP contribution < -0.4 is 4.90 Å². The first-order valence-electron chi connectivity index (χ1n) is 8.89. The molecule has 1 spiro atoms. The van der Waals surface area contributed by atoms with Gasteiger partial charge in [0, 0.05) is 26.2 Å². The van der Waals surface area contributed by atoms with Crippen LogP contribution in [-0.4, -0.2) is 48.3 Å². The molecule has 6 nitrogen and oxygen atoms in total. The van der Waals surface area contributed by atoms with Crippen molar-refractivity contribution in [2.75, 3.05) is 25.5 Å². The lowest BCUT2D eigenvalue weighted by Gasteiger charge is -2.27. The first kappa shape index (κ1) is 19.5. The van der Waals surface area contributed by atoms with Gasteiger partial charge in [-0.25, -0.2) is 4.79 Å². The van der Waals surface area contributed by atoms with Crippen LogP contribution in [0.15, 0.2) is 48.5 Å². The molecular formula is C21H17Cl2N3O3. The Kier molecular flexibility index (Phi) is 4.63. The largest absolute Gasteiger partial charge is 0.327 e. The number of halogens is 2. The fourth-order valence-electron chi connectivity index (χ4n) is 3.90. The third-order valence-corrected chi connectivity index (χ3v) is 6.11. The fourth-order valence-corrected chi connectivity index (χ4v) is 4.21. The van der Waals surface area contributed by atoms with Crippen LogP contribution in [0, 0.1) is 0 Å². The van der Waals surface area contributed by atoms with Crippen molar-refractivity contribution in [1.82, 2.24) is 9.80 Å². The van der Waals surface area contributed by atoms with Gasteiger partial charge in [0.05, 0.1) is 15.7 Å². The number of fused-ring (bicyclic) bond motifs is 2. The van der Waals surface area contributed by atoms with E-state index in [1.165, 1.54) is 23.9 Å². The number of amides is 4. The minimum absolute atomic E-state index is 0.233. The number of carbonyl (C=O) groups excluding carboxylic acids is 3. The summed E-state index contributed by atoms with van der Waals surface area (Å²) in [5.41, 5.74) is 0.301. The summed E-state index contributed by atoms with van der Waals surface area (Å²) in [5, 5.41) is 0.904. The predicted molar refractivity (Wildman–Crippen MR) is 112 cm³/mol. The van der Waals surface area contributed by atoms with Crippen molar-refractivity contribution in [2.45, 2.75) is 5.54 Å². The lowest BCUT2D eigenvalue weighted by molar-refractivity contribution is -0.140. The molecule has 4 amide bonds. The van der Waals surface area contributed by atoms with E-state index in [1.54, 1.807) is 42.5 Å². The van der Waals surface area contributed by atoms with Crippen LogP contribution in [0.3, 0.4) is 0 Å². The van der Waals surface area contributed by atoms with Crippen molar-refractivity contribution < 1.29 is 14.4 Å². The molecule has 29 heavy (non-hydrogen) atoms. The third kappa shape index (κ3) is 2.67. The van der Waals surface area contributed by atoms with Crippen molar-refractivity contribution in [3.8, 4) is 0 Å². The highest BCUT2D eigenvalue weighted by Crippen LogP contribution is 2.47. The number of imide groups is 1. The Hall–Kier alpha value is -2.83. The molecule has 2 aromatic rings. The zero-order valence-electron chi connectivity index (χ0n) is 15.7. The van der Waals surface area contributed by atoms with Gasteiger partial charge in [-0.2, -0.15) is 0 Å². The number of benzene rings is 2. The van der Waals surface area contributed by atoms with E-state index in [1.807, 2.05) is 12.1 Å². The van der Waals surface area contributed by atoms with Crippen molar-refractivity contribution in [3.63, 3.8) is 0 Å². The van der Waals surface area contributed by atoms with Gasteiger partial charge in [0.2, 0.25) is 5.54 Å². The second kappa shape index (κ2) is 6.90. The summed E-state index contributed by atoms with van der Waals surface area (Å²) in [7, 11) is 2.87. The number of carbonyl (C=O) groups is 3. The smallest absolute Gasteiger partial charge is 0.305 e. The maximum Gasteiger partial charge on any atom is 0.327 e. The lowest BCUT2D eigenvalue weighted by atomic mass is 9.90. The van der Waals surface area contributed by atoms with Gasteiger partial charge in [0.1, 0.15) is 0 Å². The third-order valence-electron chi connectivity index (χ3n) is 5.37. The monoisotopic (exact) mass is 429 g/mol. The molecule has 1 fully saturated rings. The van der Waals surface area contributed by atoms with Crippen molar-refractivity contribution in [3.05, 3.63) is 69.7 Å². The van der Waals surface area contributed by atoms with Crippen LogP contribution >= 0.6 is 23.2 Å². The Labute approximate surface area is 177 Å². The maximum atomic E-state index is 13.5. The van der Waals surface area contributed by atoms with Crippen LogP contribution in [0.1, 0.15) is 11.1 Å². The molecule has 1 unspecified atom stereocenters. The molecule has 148 valence electrons. The van der Waals surface area contributed by atoms with Crippen LogP contribution in [0.5, 0.6) is 0 Å². The first-order valence-corrected chi connectivity index (χ1v) is 9.64. The fraction of sp³-hybridized carbons (Fsp3) is 0.190. The average Bonchev–Trinajstić information content (AvgIpc) is 3.06. The van der Waals surface area contributed by atoms with Gasteiger partial charge in [-0.1, -0.05) is 59.6 Å². The summed E-state index contributed by atoms with van der Waals surface area (Å²) in [6.07, 6.45) is 3.62. The SMILES string of the molecule is CN1C(=O)N(C)C2(C1=O)C(=O)N(CC=Cc1ccc(Cl)c(Cl)c1)c1ccccc12. The number of hydrogen-bond donors (Lipinski definition) is 0. The summed E-state index contributed by atoms with van der Waals surface area (Å²) in [5.74, 6) is -0.985. The summed E-state index contributed by atoms with van der Waals surface area (Å²) >= 11 is 12.0. The van der Waals surface area contributed by atoms with E-state index in [9.17, 15) is 14.4 Å². The van der Waals surface area contributed by atoms with Crippen LogP contribution in [0.25, 0.3) is 6.08 Å². The normalized spacial score (nSPS) is 21.2. The molecule has 0 bridgehead atoms. The predicted octanol–water partition coefficient (Wildman–Crippen LogP) is 3.77. The van der Waals surface area contributed by atoms with Crippen molar-refractivity contribution in [2.24, 2.45) is 0 Å². The number of hydrogen-bond acceptors (Lipinski definition) is 3. The molecule has 0 N–H and O–H groups in total. The molecular weight excluding hydrogens is 413 g/mol. The molecule has 8 heteroatoms. The van der Waals surface area contributed by atoms with Crippen molar-refractivity contribution in [1.29, 1.82) is 0 Å². The molecule has 0 saturated carbocycles. The highest BCUT2D eigenvalue weighted by atomic mass is 35.5. The Morgan fingerprint density at radius 3 is 2.34 bits per heavy atom. The average molecular weight is 430 g/mol. The Balaban J connectivity index is 1.70. The minimum Gasteiger partial charge on any atom is -0.305 e. The van der Waals surface area contributed by atoms with Gasteiger partial charge in [-0.05, 0) is 23.8 Å². The summed E-state index contributed by atoms with van der Waals surface area (Å²) in [4.78, 5) is 42.6. The standard InChI is InChI=1S/C21H17Cl2N3O3/c1-24-18(27)21(25(2)20(24)29)14-7-3-4-8-17(14)26(19(21)28)11-5-6-13-9-10-15(22)16(23)12-13/h3-10,12H,11H2,1-2H3. The van der Waals surface area contributed by atoms with Gasteiger partial charge in [0.15, 0.2) is 0 Å². The highest BCUT2D eigenvalue weighted by molar-refractivity contribution is 6.42. The topological polar surface area (TPSA) is 60.9 Å². The molecule has 1 atom stereocenters. The van der Waals surface area contributed by atoms with E-state index < -0.39 is 23.4 Å². The molecule has 2 aliphatic rings. The summed E-state index contributed by atoms with van der Waals surface area (Å²) in [6.45, 7) is 0.233. The molecule has 0 aromatic heterocycles. The summed E-state index contributed by atoms with van der Waals surface area (Å²) < 4.78 is 0. The van der Waals surface area contributed by atoms with E-state index in [0.29, 0.717) is 21.3 Å². The van der Waals surface area contributed by atoms with E-state index in [2.05, 4.69) is 0 Å². The molecule has 0 aliphatic carbocycles. The van der Waals surface area contributed by atoms with Gasteiger partial charge < -0.3 is 9.80 Å². The molecule has 1 saturated heterocycles. The highest BCUT2D eigenvalue weighted by Gasteiger charge is 2.66. The maximum absolute atomic E-state index is 13.5. The Morgan fingerprint density at radius 1 is 0.966 bits per heavy atom. The minimum atomic E-state index is -1.65. The zero-order valence-corrected chi connectivity index (χ0v) is 17.2. The Bertz CT molecular complexity index is 1080. The number of nitrogens with zero attached hydrogens (tertiary/aromatic N) is 3. The van der Waals surface area contributed by atoms with Gasteiger partial charge in [-0.3, -0.25) is 14.5 Å². The van der Waals surface area contributed by atoms with Gasteiger partial charge in [-0.15, -0.1) is 0 Å². The van der Waals surface area contributed by atoms with Gasteiger partial charge in [0.25, 0.3) is 11.8 Å². The zero-order chi connectivity index (χ0) is 20.9. The summed E-state index contributed by atoms with van der Waals surface area (Å²) in [6, 6.07) is 11.8. The van der Waals surface area contributed by atoms with E-state index >= 15 is 0 Å². The quantitative estimate of drug-likeness (QED) is 0.550. The number of rotatable bonds is 3. The lowest BCUT2D eigenvalue weighted by Crippen LogP contribution is -2.52. The Morgan fingerprint density at radius 2 is 1.69 bits per heavy atom. The molecule has 4 rings (SSSR count). The number of likely N-dealkylation sites (N-methyl/N-ethyl adjacent to an activating group) is 2. The van der Waals surface area contributed by atoms with E-state index in [4.69, 9.17) is 23.2 Å². The van der Waals surface area contributed by atoms with Gasteiger partial charge >= 0.3 is 6.03 Å². The van der Waals surface area contributed by atoms with Crippen LogP contribution in [-0.2, 0) is 15.1 Å². The van der Waals surface area contributed by atoms with Crippen molar-refractivity contribution >= 4 is 52.8 Å². The van der Waals surface area contributed by atoms with Crippen LogP contribution in [0.2, 0.25) is 10.0 Å². The first-order chi connectivity index (χ1) is 13.8. The second-order valence-electron chi connectivity index (χ2n) is 6.92. The molecule has 0 radical (unpaired) electrons. The number of para-hydroxylation sites is 1. The second-order valence-corrected chi connectivity index (χ2v) is 7.74. The number of anilines is 1. The molecule has 2 aromatic carbocycles. The molecule has 2 heterocycles. The van der Waals surface area contributed by atoms with Crippen LogP contribution in [0.4, 0.5) is 10.5 Å².